The van der Waals surface area contributed by atoms with Crippen molar-refractivity contribution in [2.45, 2.75) is 6.42 Å². The number of hydrogen-bond acceptors (Lipinski definition) is 4. The molecule has 0 bridgehead atoms. The highest BCUT2D eigenvalue weighted by atomic mass is 32.1. The van der Waals surface area contributed by atoms with Crippen LogP contribution in [0, 0.1) is 5.82 Å². The van der Waals surface area contributed by atoms with E-state index >= 15 is 0 Å². The Hall–Kier alpha value is -2.31. The van der Waals surface area contributed by atoms with Gasteiger partial charge in [0.1, 0.15) is 5.82 Å². The standard InChI is InChI=1S/C19H20FN3OS/c1-22(2)11-6-12-23(18(24)14-7-5-8-15(20)13-14)19-21-16-9-3-4-10-17(16)25-19/h3-5,7-10,13H,6,11-12H2,1-2H3. The van der Waals surface area contributed by atoms with Crippen LogP contribution in [0.25, 0.3) is 10.2 Å². The fourth-order valence-corrected chi connectivity index (χ4v) is 3.57. The molecule has 6 heteroatoms. The van der Waals surface area contributed by atoms with Gasteiger partial charge in [-0.15, -0.1) is 0 Å². The molecule has 3 rings (SSSR count). The van der Waals surface area contributed by atoms with Crippen LogP contribution in [0.2, 0.25) is 0 Å². The molecule has 0 aliphatic heterocycles. The number of benzene rings is 2. The van der Waals surface area contributed by atoms with E-state index < -0.39 is 5.82 Å². The van der Waals surface area contributed by atoms with E-state index in [0.717, 1.165) is 23.2 Å². The van der Waals surface area contributed by atoms with E-state index in [1.54, 1.807) is 17.0 Å². The quantitative estimate of drug-likeness (QED) is 0.668. The summed E-state index contributed by atoms with van der Waals surface area (Å²) in [5, 5.41) is 0.647. The Morgan fingerprint density at radius 2 is 1.92 bits per heavy atom. The number of halogens is 1. The zero-order chi connectivity index (χ0) is 17.8. The van der Waals surface area contributed by atoms with E-state index in [2.05, 4.69) is 9.88 Å². The van der Waals surface area contributed by atoms with Crippen molar-refractivity contribution in [3.05, 3.63) is 59.9 Å². The van der Waals surface area contributed by atoms with Crippen LogP contribution in [0.15, 0.2) is 48.5 Å². The van der Waals surface area contributed by atoms with Gasteiger partial charge in [-0.3, -0.25) is 9.69 Å². The third-order valence-electron chi connectivity index (χ3n) is 3.82. The molecule has 0 fully saturated rings. The first-order valence-corrected chi connectivity index (χ1v) is 8.94. The van der Waals surface area contributed by atoms with Gasteiger partial charge in [-0.2, -0.15) is 0 Å². The molecule has 3 aromatic rings. The Morgan fingerprint density at radius 3 is 2.64 bits per heavy atom. The Morgan fingerprint density at radius 1 is 1.12 bits per heavy atom. The molecule has 0 N–H and O–H groups in total. The molecule has 2 aromatic carbocycles. The summed E-state index contributed by atoms with van der Waals surface area (Å²) < 4.78 is 14.6. The number of nitrogens with zero attached hydrogens (tertiary/aromatic N) is 3. The number of fused-ring (bicyclic) bond motifs is 1. The second-order valence-electron chi connectivity index (χ2n) is 6.09. The van der Waals surface area contributed by atoms with Gasteiger partial charge >= 0.3 is 0 Å². The minimum absolute atomic E-state index is 0.225. The molecule has 4 nitrogen and oxygen atoms in total. The maximum absolute atomic E-state index is 13.5. The summed E-state index contributed by atoms with van der Waals surface area (Å²) in [6, 6.07) is 13.6. The molecule has 25 heavy (non-hydrogen) atoms. The third kappa shape index (κ3) is 4.21. The molecule has 0 spiro atoms. The fourth-order valence-electron chi connectivity index (χ4n) is 2.58. The molecular formula is C19H20FN3OS. The van der Waals surface area contributed by atoms with Crippen LogP contribution in [-0.4, -0.2) is 43.0 Å². The molecule has 0 aliphatic carbocycles. The van der Waals surface area contributed by atoms with Gasteiger partial charge in [0.05, 0.1) is 10.2 Å². The number of amides is 1. The number of thiazole rings is 1. The summed E-state index contributed by atoms with van der Waals surface area (Å²) in [5.41, 5.74) is 1.20. The average molecular weight is 357 g/mol. The molecule has 1 heterocycles. The monoisotopic (exact) mass is 357 g/mol. The van der Waals surface area contributed by atoms with E-state index in [-0.39, 0.29) is 5.91 Å². The second-order valence-corrected chi connectivity index (χ2v) is 7.10. The second kappa shape index (κ2) is 7.72. The summed E-state index contributed by atoms with van der Waals surface area (Å²) >= 11 is 1.48. The number of para-hydroxylation sites is 1. The molecule has 0 radical (unpaired) electrons. The first kappa shape index (κ1) is 17.5. The van der Waals surface area contributed by atoms with Crippen molar-refractivity contribution in [1.29, 1.82) is 0 Å². The van der Waals surface area contributed by atoms with Gasteiger partial charge < -0.3 is 4.90 Å². The lowest BCUT2D eigenvalue weighted by molar-refractivity contribution is 0.0985. The number of anilines is 1. The van der Waals surface area contributed by atoms with E-state index in [0.29, 0.717) is 17.2 Å². The predicted octanol–water partition coefficient (Wildman–Crippen LogP) is 4.03. The van der Waals surface area contributed by atoms with E-state index in [4.69, 9.17) is 0 Å². The first-order chi connectivity index (χ1) is 12.0. The van der Waals surface area contributed by atoms with Crippen LogP contribution in [0.1, 0.15) is 16.8 Å². The minimum atomic E-state index is -0.414. The Kier molecular flexibility index (Phi) is 5.40. The maximum atomic E-state index is 13.5. The topological polar surface area (TPSA) is 36.4 Å². The average Bonchev–Trinajstić information content (AvgIpc) is 3.01. The van der Waals surface area contributed by atoms with Gasteiger partial charge in [0.2, 0.25) is 0 Å². The number of carbonyl (C=O) groups excluding carboxylic acids is 1. The van der Waals surface area contributed by atoms with Crippen LogP contribution in [0.3, 0.4) is 0 Å². The Bertz CT molecular complexity index is 845. The maximum Gasteiger partial charge on any atom is 0.260 e. The highest BCUT2D eigenvalue weighted by molar-refractivity contribution is 7.22. The number of carbonyl (C=O) groups is 1. The normalized spacial score (nSPS) is 11.2. The molecule has 1 aromatic heterocycles. The van der Waals surface area contributed by atoms with Crippen LogP contribution < -0.4 is 4.90 Å². The molecule has 0 atom stereocenters. The summed E-state index contributed by atoms with van der Waals surface area (Å²) in [7, 11) is 3.99. The van der Waals surface area contributed by atoms with Crippen LogP contribution in [0.5, 0.6) is 0 Å². The molecular weight excluding hydrogens is 337 g/mol. The summed E-state index contributed by atoms with van der Waals surface area (Å²) in [5.74, 6) is -0.638. The SMILES string of the molecule is CN(C)CCCN(C(=O)c1cccc(F)c1)c1nc2ccccc2s1. The van der Waals surface area contributed by atoms with Crippen LogP contribution in [0.4, 0.5) is 9.52 Å². The van der Waals surface area contributed by atoms with Crippen molar-refractivity contribution in [3.8, 4) is 0 Å². The lowest BCUT2D eigenvalue weighted by atomic mass is 10.2. The van der Waals surface area contributed by atoms with Gasteiger partial charge in [0.15, 0.2) is 5.13 Å². The lowest BCUT2D eigenvalue weighted by Crippen LogP contribution is -2.33. The van der Waals surface area contributed by atoms with Crippen molar-refractivity contribution < 1.29 is 9.18 Å². The van der Waals surface area contributed by atoms with Gasteiger partial charge in [0, 0.05) is 12.1 Å². The largest absolute Gasteiger partial charge is 0.309 e. The van der Waals surface area contributed by atoms with Crippen LogP contribution >= 0.6 is 11.3 Å². The smallest absolute Gasteiger partial charge is 0.260 e. The lowest BCUT2D eigenvalue weighted by Gasteiger charge is -2.21. The van der Waals surface area contributed by atoms with Crippen LogP contribution in [-0.2, 0) is 0 Å². The van der Waals surface area contributed by atoms with Gasteiger partial charge in [0.25, 0.3) is 5.91 Å². The number of aromatic nitrogens is 1. The fraction of sp³-hybridized carbons (Fsp3) is 0.263. The highest BCUT2D eigenvalue weighted by Crippen LogP contribution is 2.29. The van der Waals surface area contributed by atoms with Crippen molar-refractivity contribution in [1.82, 2.24) is 9.88 Å². The molecule has 1 amide bonds. The first-order valence-electron chi connectivity index (χ1n) is 8.12. The zero-order valence-electron chi connectivity index (χ0n) is 14.3. The van der Waals surface area contributed by atoms with E-state index in [1.165, 1.54) is 23.5 Å². The predicted molar refractivity (Wildman–Crippen MR) is 101 cm³/mol. The molecule has 0 saturated heterocycles. The van der Waals surface area contributed by atoms with Gasteiger partial charge in [-0.1, -0.05) is 29.5 Å². The number of hydrogen-bond donors (Lipinski definition) is 0. The summed E-state index contributed by atoms with van der Waals surface area (Å²) in [4.78, 5) is 21.3. The number of rotatable bonds is 6. The molecule has 130 valence electrons. The molecule has 0 aliphatic rings. The van der Waals surface area contributed by atoms with Crippen molar-refractivity contribution in [3.63, 3.8) is 0 Å². The van der Waals surface area contributed by atoms with Crippen molar-refractivity contribution in [2.24, 2.45) is 0 Å². The zero-order valence-corrected chi connectivity index (χ0v) is 15.1. The molecule has 0 saturated carbocycles. The minimum Gasteiger partial charge on any atom is -0.309 e. The Balaban J connectivity index is 1.92. The van der Waals surface area contributed by atoms with Crippen molar-refractivity contribution in [2.75, 3.05) is 32.1 Å². The highest BCUT2D eigenvalue weighted by Gasteiger charge is 2.21. The van der Waals surface area contributed by atoms with Gasteiger partial charge in [-0.25, -0.2) is 9.37 Å². The van der Waals surface area contributed by atoms with E-state index in [1.807, 2.05) is 38.4 Å². The Labute approximate surface area is 150 Å². The third-order valence-corrected chi connectivity index (χ3v) is 4.88. The van der Waals surface area contributed by atoms with Gasteiger partial charge in [-0.05, 0) is 57.4 Å². The summed E-state index contributed by atoms with van der Waals surface area (Å²) in [6.45, 7) is 1.39. The molecule has 0 unspecified atom stereocenters. The summed E-state index contributed by atoms with van der Waals surface area (Å²) in [6.07, 6.45) is 0.810. The van der Waals surface area contributed by atoms with E-state index in [9.17, 15) is 9.18 Å². The van der Waals surface area contributed by atoms with Crippen molar-refractivity contribution >= 4 is 32.6 Å².